The Kier molecular flexibility index (Phi) is 3.37. The van der Waals surface area contributed by atoms with Crippen molar-refractivity contribution in [3.63, 3.8) is 0 Å². The minimum absolute atomic E-state index is 0.564. The Labute approximate surface area is 96.7 Å². The lowest BCUT2D eigenvalue weighted by molar-refractivity contribution is 0.603. The molecule has 2 heteroatoms. The van der Waals surface area contributed by atoms with Crippen LogP contribution in [0.15, 0.2) is 23.1 Å². The maximum absolute atomic E-state index is 3.31. The van der Waals surface area contributed by atoms with Crippen LogP contribution >= 0.6 is 11.8 Å². The first-order valence-electron chi connectivity index (χ1n) is 5.64. The minimum atomic E-state index is 0.564. The molecule has 0 aromatic heterocycles. The monoisotopic (exact) mass is 221 g/mol. The first kappa shape index (κ1) is 11.0. The smallest absolute Gasteiger partial charge is 0.0110 e. The average Bonchev–Trinajstić information content (AvgIpc) is 2.61. The topological polar surface area (TPSA) is 12.0 Å². The summed E-state index contributed by atoms with van der Waals surface area (Å²) in [6.45, 7) is 4.58. The van der Waals surface area contributed by atoms with Gasteiger partial charge in [-0.05, 0) is 43.5 Å². The zero-order valence-corrected chi connectivity index (χ0v) is 10.5. The van der Waals surface area contributed by atoms with Crippen molar-refractivity contribution >= 4 is 11.8 Å². The van der Waals surface area contributed by atoms with Crippen LogP contribution in [0.1, 0.15) is 30.9 Å². The van der Waals surface area contributed by atoms with Gasteiger partial charge in [0, 0.05) is 16.7 Å². The summed E-state index contributed by atoms with van der Waals surface area (Å²) in [5, 5.41) is 3.31. The van der Waals surface area contributed by atoms with Gasteiger partial charge in [0.1, 0.15) is 0 Å². The van der Waals surface area contributed by atoms with Gasteiger partial charge in [-0.2, -0.15) is 0 Å². The molecule has 1 nitrogen and oxygen atoms in total. The number of nitrogens with one attached hydrogen (secondary N) is 1. The minimum Gasteiger partial charge on any atom is -0.317 e. The van der Waals surface area contributed by atoms with Crippen LogP contribution in [-0.2, 0) is 6.42 Å². The van der Waals surface area contributed by atoms with Crippen molar-refractivity contribution in [2.75, 3.05) is 12.8 Å². The molecule has 1 aliphatic heterocycles. The van der Waals surface area contributed by atoms with E-state index in [9.17, 15) is 0 Å². The summed E-state index contributed by atoms with van der Waals surface area (Å²) in [6, 6.07) is 7.31. The van der Waals surface area contributed by atoms with Crippen molar-refractivity contribution in [2.45, 2.75) is 37.1 Å². The molecule has 0 fully saturated rings. The Morgan fingerprint density at radius 1 is 1.53 bits per heavy atom. The molecule has 2 unspecified atom stereocenters. The summed E-state index contributed by atoms with van der Waals surface area (Å²) >= 11 is 2.00. The van der Waals surface area contributed by atoms with E-state index in [1.807, 2.05) is 18.8 Å². The number of likely N-dealkylation sites (N-methyl/N-ethyl adjacent to an activating group) is 1. The fourth-order valence-corrected chi connectivity index (χ4v) is 3.44. The average molecular weight is 221 g/mol. The highest BCUT2D eigenvalue weighted by Crippen LogP contribution is 2.41. The van der Waals surface area contributed by atoms with E-state index in [4.69, 9.17) is 0 Å². The Balaban J connectivity index is 2.28. The van der Waals surface area contributed by atoms with E-state index in [0.717, 1.165) is 12.3 Å². The summed E-state index contributed by atoms with van der Waals surface area (Å²) in [5.74, 6) is 1.98. The maximum atomic E-state index is 3.31. The van der Waals surface area contributed by atoms with Gasteiger partial charge in [0.25, 0.3) is 0 Å². The molecule has 0 saturated carbocycles. The van der Waals surface area contributed by atoms with E-state index in [1.54, 1.807) is 5.56 Å². The summed E-state index contributed by atoms with van der Waals surface area (Å²) in [7, 11) is 2.03. The van der Waals surface area contributed by atoms with E-state index in [2.05, 4.69) is 37.4 Å². The third-order valence-corrected chi connectivity index (χ3v) is 4.49. The summed E-state index contributed by atoms with van der Waals surface area (Å²) < 4.78 is 0. The van der Waals surface area contributed by atoms with Crippen LogP contribution < -0.4 is 5.32 Å². The zero-order chi connectivity index (χ0) is 10.8. The third-order valence-electron chi connectivity index (χ3n) is 3.16. The second kappa shape index (κ2) is 4.58. The zero-order valence-electron chi connectivity index (χ0n) is 9.71. The predicted molar refractivity (Wildman–Crippen MR) is 67.8 cm³/mol. The normalized spacial score (nSPS) is 21.4. The highest BCUT2D eigenvalue weighted by atomic mass is 32.2. The standard InChI is InChI=1S/C13H19NS/c1-9-8-15-12-6-4-5-11(13(9)12)7-10(2)14-3/h4-6,9-10,14H,7-8H2,1-3H3. The molecule has 2 atom stereocenters. The van der Waals surface area contributed by atoms with Crippen LogP contribution in [0.25, 0.3) is 0 Å². The molecule has 0 aliphatic carbocycles. The molecule has 1 aromatic rings. The molecule has 82 valence electrons. The first-order chi connectivity index (χ1) is 7.22. The van der Waals surface area contributed by atoms with Gasteiger partial charge in [0.05, 0.1) is 0 Å². The Hall–Kier alpha value is -0.470. The van der Waals surface area contributed by atoms with Crippen molar-refractivity contribution in [3.8, 4) is 0 Å². The summed E-state index contributed by atoms with van der Waals surface area (Å²) in [4.78, 5) is 1.50. The molecule has 1 aromatic carbocycles. The molecular formula is C13H19NS. The summed E-state index contributed by atoms with van der Waals surface area (Å²) in [5.41, 5.74) is 3.14. The van der Waals surface area contributed by atoms with Crippen molar-refractivity contribution in [1.82, 2.24) is 5.32 Å². The second-order valence-electron chi connectivity index (χ2n) is 4.43. The van der Waals surface area contributed by atoms with Crippen molar-refractivity contribution in [1.29, 1.82) is 0 Å². The van der Waals surface area contributed by atoms with Crippen LogP contribution in [-0.4, -0.2) is 18.8 Å². The molecule has 2 rings (SSSR count). The molecular weight excluding hydrogens is 202 g/mol. The maximum Gasteiger partial charge on any atom is 0.0110 e. The van der Waals surface area contributed by atoms with Crippen LogP contribution in [0.3, 0.4) is 0 Å². The predicted octanol–water partition coefficient (Wildman–Crippen LogP) is 3.05. The van der Waals surface area contributed by atoms with Gasteiger partial charge in [-0.25, -0.2) is 0 Å². The lowest BCUT2D eigenvalue weighted by Gasteiger charge is -2.15. The number of thioether (sulfide) groups is 1. The van der Waals surface area contributed by atoms with Crippen LogP contribution in [0.5, 0.6) is 0 Å². The largest absolute Gasteiger partial charge is 0.317 e. The molecule has 0 radical (unpaired) electrons. The Bertz CT molecular complexity index is 348. The van der Waals surface area contributed by atoms with E-state index in [0.29, 0.717) is 6.04 Å². The van der Waals surface area contributed by atoms with Gasteiger partial charge >= 0.3 is 0 Å². The molecule has 1 aliphatic rings. The highest BCUT2D eigenvalue weighted by Gasteiger charge is 2.22. The van der Waals surface area contributed by atoms with Gasteiger partial charge in [-0.3, -0.25) is 0 Å². The van der Waals surface area contributed by atoms with Crippen LogP contribution in [0, 0.1) is 0 Å². The molecule has 0 bridgehead atoms. The number of fused-ring (bicyclic) bond motifs is 1. The van der Waals surface area contributed by atoms with Gasteiger partial charge < -0.3 is 5.32 Å². The molecule has 1 heterocycles. The number of hydrogen-bond donors (Lipinski definition) is 1. The molecule has 0 amide bonds. The summed E-state index contributed by atoms with van der Waals surface area (Å²) in [6.07, 6.45) is 1.14. The van der Waals surface area contributed by atoms with E-state index >= 15 is 0 Å². The van der Waals surface area contributed by atoms with Gasteiger partial charge in [-0.1, -0.05) is 19.1 Å². The lowest BCUT2D eigenvalue weighted by Crippen LogP contribution is -2.24. The van der Waals surface area contributed by atoms with E-state index < -0.39 is 0 Å². The van der Waals surface area contributed by atoms with Crippen LogP contribution in [0.2, 0.25) is 0 Å². The molecule has 15 heavy (non-hydrogen) atoms. The molecule has 0 saturated heterocycles. The van der Waals surface area contributed by atoms with E-state index in [1.165, 1.54) is 16.2 Å². The lowest BCUT2D eigenvalue weighted by atomic mass is 9.93. The van der Waals surface area contributed by atoms with Gasteiger partial charge in [-0.15, -0.1) is 11.8 Å². The number of rotatable bonds is 3. The number of benzene rings is 1. The van der Waals surface area contributed by atoms with Crippen molar-refractivity contribution in [2.24, 2.45) is 0 Å². The second-order valence-corrected chi connectivity index (χ2v) is 5.50. The molecule has 1 N–H and O–H groups in total. The van der Waals surface area contributed by atoms with E-state index in [-0.39, 0.29) is 0 Å². The Morgan fingerprint density at radius 3 is 3.07 bits per heavy atom. The van der Waals surface area contributed by atoms with Crippen LogP contribution in [0.4, 0.5) is 0 Å². The SMILES string of the molecule is CNC(C)Cc1cccc2c1C(C)CS2. The highest BCUT2D eigenvalue weighted by molar-refractivity contribution is 7.99. The third kappa shape index (κ3) is 2.21. The quantitative estimate of drug-likeness (QED) is 0.842. The van der Waals surface area contributed by atoms with Gasteiger partial charge in [0.2, 0.25) is 0 Å². The fraction of sp³-hybridized carbons (Fsp3) is 0.538. The van der Waals surface area contributed by atoms with Gasteiger partial charge in [0.15, 0.2) is 0 Å². The van der Waals surface area contributed by atoms with Crippen molar-refractivity contribution < 1.29 is 0 Å². The number of hydrogen-bond acceptors (Lipinski definition) is 2. The molecule has 0 spiro atoms. The van der Waals surface area contributed by atoms with Crippen molar-refractivity contribution in [3.05, 3.63) is 29.3 Å². The first-order valence-corrected chi connectivity index (χ1v) is 6.62. The fourth-order valence-electron chi connectivity index (χ4n) is 2.18. The Morgan fingerprint density at radius 2 is 2.33 bits per heavy atom.